The number of hydrogen-bond acceptors (Lipinski definition) is 3. The summed E-state index contributed by atoms with van der Waals surface area (Å²) in [5, 5.41) is 16.2. The molecule has 0 radical (unpaired) electrons. The number of ether oxygens (including phenoxy) is 1. The minimum atomic E-state index is 0.125. The highest BCUT2D eigenvalue weighted by Gasteiger charge is 2.02. The molecule has 1 aromatic rings. The maximum absolute atomic E-state index is 8.56. The van der Waals surface area contributed by atoms with Crippen LogP contribution in [0.1, 0.15) is 32.3 Å². The fraction of sp³-hybridized carbons (Fsp3) is 0.250. The van der Waals surface area contributed by atoms with Crippen LogP contribution in [0.3, 0.4) is 0 Å². The van der Waals surface area contributed by atoms with Crippen LogP contribution in [0.15, 0.2) is 48.3 Å². The predicted molar refractivity (Wildman–Crippen MR) is 77.3 cm³/mol. The lowest BCUT2D eigenvalue weighted by molar-refractivity contribution is 0.442. The van der Waals surface area contributed by atoms with Crippen molar-refractivity contribution in [1.82, 2.24) is 0 Å². The van der Waals surface area contributed by atoms with Gasteiger partial charge in [0.1, 0.15) is 11.5 Å². The summed E-state index contributed by atoms with van der Waals surface area (Å²) in [4.78, 5) is 0. The fourth-order valence-electron chi connectivity index (χ4n) is 1.55. The van der Waals surface area contributed by atoms with Crippen LogP contribution >= 0.6 is 0 Å². The molecule has 3 heteroatoms. The number of hydrogen-bond donors (Lipinski definition) is 1. The molecule has 0 saturated carbocycles. The number of rotatable bonds is 6. The first-order valence-electron chi connectivity index (χ1n) is 6.26. The van der Waals surface area contributed by atoms with Crippen LogP contribution in [0.5, 0.6) is 5.75 Å². The molecule has 0 fully saturated rings. The van der Waals surface area contributed by atoms with E-state index < -0.39 is 0 Å². The molecular weight excluding hydrogens is 236 g/mol. The van der Waals surface area contributed by atoms with Crippen LogP contribution in [0, 0.1) is 16.7 Å². The molecule has 0 amide bonds. The van der Waals surface area contributed by atoms with E-state index in [4.69, 9.17) is 15.4 Å². The Morgan fingerprint density at radius 2 is 2.05 bits per heavy atom. The largest absolute Gasteiger partial charge is 0.458 e. The Hall–Kier alpha value is -2.34. The molecule has 0 aliphatic heterocycles. The molecule has 1 N–H and O–H groups in total. The van der Waals surface area contributed by atoms with Crippen LogP contribution in [-0.2, 0) is 0 Å². The Morgan fingerprint density at radius 1 is 1.37 bits per heavy atom. The summed E-state index contributed by atoms with van der Waals surface area (Å²) in [6, 6.07) is 9.20. The molecule has 0 unspecified atom stereocenters. The lowest BCUT2D eigenvalue weighted by Crippen LogP contribution is -1.98. The standard InChI is InChI=1S/C16H18N2O/c1-3-5-14(6-4-2)19-15-9-7-13(8-10-15)16(18)11-12-17/h3,5-10,18H,4,11H2,1-2H3. The highest BCUT2D eigenvalue weighted by Crippen LogP contribution is 2.17. The summed E-state index contributed by atoms with van der Waals surface area (Å²) in [7, 11) is 0. The van der Waals surface area contributed by atoms with Gasteiger partial charge in [0.05, 0.1) is 18.2 Å². The minimum Gasteiger partial charge on any atom is -0.458 e. The topological polar surface area (TPSA) is 56.9 Å². The van der Waals surface area contributed by atoms with Crippen molar-refractivity contribution in [2.75, 3.05) is 0 Å². The van der Waals surface area contributed by atoms with Gasteiger partial charge in [-0.1, -0.05) is 13.0 Å². The third-order valence-electron chi connectivity index (χ3n) is 2.43. The van der Waals surface area contributed by atoms with Crippen molar-refractivity contribution in [2.24, 2.45) is 0 Å². The van der Waals surface area contributed by atoms with E-state index in [0.29, 0.717) is 5.71 Å². The van der Waals surface area contributed by atoms with Crippen molar-refractivity contribution in [3.05, 3.63) is 53.8 Å². The SMILES string of the molecule is CC=CC(=CCC)Oc1ccc(C(=N)CC#N)cc1. The lowest BCUT2D eigenvalue weighted by Gasteiger charge is -2.07. The zero-order valence-electron chi connectivity index (χ0n) is 11.3. The van der Waals surface area contributed by atoms with Gasteiger partial charge in [-0.15, -0.1) is 0 Å². The van der Waals surface area contributed by atoms with Crippen molar-refractivity contribution >= 4 is 5.71 Å². The molecule has 0 spiro atoms. The van der Waals surface area contributed by atoms with Crippen LogP contribution < -0.4 is 4.74 Å². The van der Waals surface area contributed by atoms with Gasteiger partial charge in [-0.25, -0.2) is 0 Å². The summed E-state index contributed by atoms with van der Waals surface area (Å²) in [6.07, 6.45) is 6.88. The van der Waals surface area contributed by atoms with Gasteiger partial charge < -0.3 is 10.1 Å². The summed E-state index contributed by atoms with van der Waals surface area (Å²) in [5.41, 5.74) is 1.08. The Kier molecular flexibility index (Phi) is 6.11. The van der Waals surface area contributed by atoms with E-state index in [2.05, 4.69) is 6.92 Å². The molecule has 0 heterocycles. The van der Waals surface area contributed by atoms with Gasteiger partial charge in [0.2, 0.25) is 0 Å². The summed E-state index contributed by atoms with van der Waals surface area (Å²) < 4.78 is 5.73. The molecule has 0 aliphatic rings. The molecular formula is C16H18N2O. The maximum atomic E-state index is 8.56. The molecule has 0 aromatic heterocycles. The van der Waals surface area contributed by atoms with Crippen molar-refractivity contribution in [3.63, 3.8) is 0 Å². The van der Waals surface area contributed by atoms with Crippen LogP contribution in [0.25, 0.3) is 0 Å². The highest BCUT2D eigenvalue weighted by molar-refractivity contribution is 5.99. The molecule has 0 aliphatic carbocycles. The van der Waals surface area contributed by atoms with Crippen molar-refractivity contribution < 1.29 is 4.74 Å². The zero-order chi connectivity index (χ0) is 14.1. The van der Waals surface area contributed by atoms with E-state index in [0.717, 1.165) is 23.5 Å². The van der Waals surface area contributed by atoms with E-state index in [1.165, 1.54) is 0 Å². The van der Waals surface area contributed by atoms with E-state index in [1.807, 2.05) is 43.4 Å². The average molecular weight is 254 g/mol. The van der Waals surface area contributed by atoms with E-state index in [-0.39, 0.29) is 6.42 Å². The van der Waals surface area contributed by atoms with Crippen LogP contribution in [0.4, 0.5) is 0 Å². The van der Waals surface area contributed by atoms with E-state index in [9.17, 15) is 0 Å². The number of nitrogens with zero attached hydrogens (tertiary/aromatic N) is 1. The summed E-state index contributed by atoms with van der Waals surface area (Å²) in [5.74, 6) is 1.54. The zero-order valence-corrected chi connectivity index (χ0v) is 11.3. The van der Waals surface area contributed by atoms with Crippen molar-refractivity contribution in [2.45, 2.75) is 26.7 Å². The average Bonchev–Trinajstić information content (AvgIpc) is 2.40. The number of benzene rings is 1. The van der Waals surface area contributed by atoms with Gasteiger partial charge in [-0.3, -0.25) is 0 Å². The third kappa shape index (κ3) is 4.81. The van der Waals surface area contributed by atoms with Crippen molar-refractivity contribution in [3.8, 4) is 11.8 Å². The molecule has 0 saturated heterocycles. The van der Waals surface area contributed by atoms with Gasteiger partial charge in [0.15, 0.2) is 0 Å². The Balaban J connectivity index is 2.79. The summed E-state index contributed by atoms with van der Waals surface area (Å²) >= 11 is 0. The smallest absolute Gasteiger partial charge is 0.127 e. The van der Waals surface area contributed by atoms with Crippen LogP contribution in [-0.4, -0.2) is 5.71 Å². The minimum absolute atomic E-state index is 0.125. The second-order valence-corrected chi connectivity index (χ2v) is 3.95. The number of nitrogens with one attached hydrogen (secondary N) is 1. The first-order chi connectivity index (χ1) is 9.21. The normalized spacial score (nSPS) is 11.3. The van der Waals surface area contributed by atoms with E-state index >= 15 is 0 Å². The molecule has 0 bridgehead atoms. The van der Waals surface area contributed by atoms with E-state index in [1.54, 1.807) is 12.1 Å². The van der Waals surface area contributed by atoms with Gasteiger partial charge in [0.25, 0.3) is 0 Å². The van der Waals surface area contributed by atoms with Gasteiger partial charge in [-0.05, 0) is 55.3 Å². The van der Waals surface area contributed by atoms with Gasteiger partial charge in [-0.2, -0.15) is 5.26 Å². The quantitative estimate of drug-likeness (QED) is 0.469. The number of nitriles is 1. The van der Waals surface area contributed by atoms with Gasteiger partial charge >= 0.3 is 0 Å². The molecule has 98 valence electrons. The number of allylic oxidation sites excluding steroid dienone is 3. The molecule has 19 heavy (non-hydrogen) atoms. The molecule has 3 nitrogen and oxygen atoms in total. The molecule has 1 rings (SSSR count). The lowest BCUT2D eigenvalue weighted by atomic mass is 10.1. The van der Waals surface area contributed by atoms with Crippen molar-refractivity contribution in [1.29, 1.82) is 10.7 Å². The van der Waals surface area contributed by atoms with Gasteiger partial charge in [0, 0.05) is 0 Å². The monoisotopic (exact) mass is 254 g/mol. The molecule has 0 atom stereocenters. The molecule has 1 aromatic carbocycles. The fourth-order valence-corrected chi connectivity index (χ4v) is 1.55. The first-order valence-corrected chi connectivity index (χ1v) is 6.26. The second kappa shape index (κ2) is 7.88. The summed E-state index contributed by atoms with van der Waals surface area (Å²) in [6.45, 7) is 4.00. The predicted octanol–water partition coefficient (Wildman–Crippen LogP) is 4.22. The Labute approximate surface area is 114 Å². The first kappa shape index (κ1) is 14.7. The van der Waals surface area contributed by atoms with Crippen LogP contribution in [0.2, 0.25) is 0 Å². The Bertz CT molecular complexity index is 519. The third-order valence-corrected chi connectivity index (χ3v) is 2.43. The maximum Gasteiger partial charge on any atom is 0.127 e. The second-order valence-electron chi connectivity index (χ2n) is 3.95. The Morgan fingerprint density at radius 3 is 2.58 bits per heavy atom. The highest BCUT2D eigenvalue weighted by atomic mass is 16.5.